The predicted octanol–water partition coefficient (Wildman–Crippen LogP) is 5.44. The van der Waals surface area contributed by atoms with Gasteiger partial charge in [-0.3, -0.25) is 0 Å². The monoisotopic (exact) mass is 415 g/mol. The number of carbonyl (C=O) groups excluding carboxylic acids is 1. The number of carbonyl (C=O) groups is 1. The average molecular weight is 415 g/mol. The van der Waals surface area contributed by atoms with Gasteiger partial charge in [-0.1, -0.05) is 18.2 Å². The largest absolute Gasteiger partial charge is 0.492 e. The molecule has 1 N–H and O–H groups in total. The molecular weight excluding hydrogens is 385 g/mol. The lowest BCUT2D eigenvalue weighted by atomic mass is 9.77. The lowest BCUT2D eigenvalue weighted by molar-refractivity contribution is 0.00578. The Labute approximate surface area is 177 Å². The first-order valence-corrected chi connectivity index (χ1v) is 10.7. The van der Waals surface area contributed by atoms with Crippen LogP contribution in [0.15, 0.2) is 35.8 Å². The Bertz CT molecular complexity index is 877. The van der Waals surface area contributed by atoms with Crippen LogP contribution in [-0.2, 0) is 14.0 Å². The molecule has 0 aliphatic carbocycles. The van der Waals surface area contributed by atoms with E-state index < -0.39 is 30.0 Å². The van der Waals surface area contributed by atoms with Gasteiger partial charge >= 0.3 is 13.2 Å². The van der Waals surface area contributed by atoms with Crippen LogP contribution in [0.25, 0.3) is 16.2 Å². The van der Waals surface area contributed by atoms with Gasteiger partial charge in [0.05, 0.1) is 11.2 Å². The number of fused-ring (bicyclic) bond motifs is 1. The lowest BCUT2D eigenvalue weighted by Gasteiger charge is -2.32. The van der Waals surface area contributed by atoms with Crippen LogP contribution >= 0.6 is 11.3 Å². The number of nitrogens with one attached hydrogen (secondary N) is 1. The molecule has 0 atom stereocenters. The first-order chi connectivity index (χ1) is 13.4. The van der Waals surface area contributed by atoms with Gasteiger partial charge in [-0.25, -0.2) is 4.79 Å². The third-order valence-corrected chi connectivity index (χ3v) is 6.23. The highest BCUT2D eigenvalue weighted by Crippen LogP contribution is 2.39. The molecule has 1 aliphatic heterocycles. The first kappa shape index (κ1) is 21.9. The minimum absolute atomic E-state index is 0.278. The molecule has 1 amide bonds. The van der Waals surface area contributed by atoms with Crippen molar-refractivity contribution < 1.29 is 18.8 Å². The van der Waals surface area contributed by atoms with Crippen molar-refractivity contribution in [2.45, 2.75) is 65.3 Å². The van der Waals surface area contributed by atoms with E-state index in [2.05, 4.69) is 23.5 Å². The van der Waals surface area contributed by atoms with Gasteiger partial charge in [0.2, 0.25) is 0 Å². The molecule has 1 aromatic heterocycles. The van der Waals surface area contributed by atoms with Crippen LogP contribution in [0.1, 0.15) is 53.3 Å². The van der Waals surface area contributed by atoms with E-state index in [-0.39, 0.29) is 6.54 Å². The molecule has 0 unspecified atom stereocenters. The van der Waals surface area contributed by atoms with Crippen molar-refractivity contribution in [1.82, 2.24) is 5.32 Å². The fourth-order valence-corrected chi connectivity index (χ4v) is 3.98. The van der Waals surface area contributed by atoms with Crippen LogP contribution in [0.4, 0.5) is 4.79 Å². The van der Waals surface area contributed by atoms with Crippen molar-refractivity contribution in [1.29, 1.82) is 0 Å². The SMILES string of the molecule is CC(C)(C)OC(=O)NCC(=Cc1cc2ccccc2s1)B1OC(C)(C)C(C)(C)O1. The summed E-state index contributed by atoms with van der Waals surface area (Å²) in [5.74, 6) is 0. The standard InChI is InChI=1S/C22H30BNO4S/c1-20(2,3)26-19(25)24-14-16(23-27-21(4,5)22(6,7)28-23)13-17-12-15-10-8-9-11-18(15)29-17/h8-13H,14H2,1-7H3,(H,24,25). The summed E-state index contributed by atoms with van der Waals surface area (Å²) in [6.45, 7) is 13.9. The maximum absolute atomic E-state index is 12.2. The van der Waals surface area contributed by atoms with E-state index >= 15 is 0 Å². The molecule has 1 aliphatic rings. The molecule has 0 bridgehead atoms. The van der Waals surface area contributed by atoms with E-state index in [1.165, 1.54) is 10.1 Å². The number of hydrogen-bond acceptors (Lipinski definition) is 5. The highest BCUT2D eigenvalue weighted by atomic mass is 32.1. The highest BCUT2D eigenvalue weighted by molar-refractivity contribution is 7.19. The number of thiophene rings is 1. The van der Waals surface area contributed by atoms with Crippen molar-refractivity contribution in [2.75, 3.05) is 6.54 Å². The number of hydrogen-bond donors (Lipinski definition) is 1. The number of ether oxygens (including phenoxy) is 1. The summed E-state index contributed by atoms with van der Waals surface area (Å²) in [4.78, 5) is 13.3. The Kier molecular flexibility index (Phi) is 5.87. The van der Waals surface area contributed by atoms with Gasteiger partial charge in [0.1, 0.15) is 5.60 Å². The molecule has 0 spiro atoms. The van der Waals surface area contributed by atoms with E-state index in [4.69, 9.17) is 14.0 Å². The van der Waals surface area contributed by atoms with Crippen molar-refractivity contribution in [3.8, 4) is 0 Å². The number of alkyl carbamates (subject to hydrolysis) is 1. The topological polar surface area (TPSA) is 56.8 Å². The first-order valence-electron chi connectivity index (χ1n) is 9.88. The summed E-state index contributed by atoms with van der Waals surface area (Å²) in [5.41, 5.74) is -0.615. The van der Waals surface area contributed by atoms with Crippen LogP contribution in [-0.4, -0.2) is 36.6 Å². The summed E-state index contributed by atoms with van der Waals surface area (Å²) < 4.78 is 19.0. The van der Waals surface area contributed by atoms with Crippen molar-refractivity contribution in [2.24, 2.45) is 0 Å². The molecular formula is C22H30BNO4S. The zero-order chi connectivity index (χ0) is 21.4. The van der Waals surface area contributed by atoms with Crippen LogP contribution in [0, 0.1) is 0 Å². The van der Waals surface area contributed by atoms with Crippen LogP contribution in [0.2, 0.25) is 0 Å². The van der Waals surface area contributed by atoms with Crippen molar-refractivity contribution in [3.63, 3.8) is 0 Å². The molecule has 2 aromatic rings. The summed E-state index contributed by atoms with van der Waals surface area (Å²) in [7, 11) is -0.542. The summed E-state index contributed by atoms with van der Waals surface area (Å²) in [6.07, 6.45) is 1.58. The van der Waals surface area contributed by atoms with Crippen molar-refractivity contribution >= 4 is 40.7 Å². The minimum atomic E-state index is -0.552. The molecule has 29 heavy (non-hydrogen) atoms. The molecule has 0 saturated carbocycles. The van der Waals surface area contributed by atoms with E-state index in [9.17, 15) is 4.79 Å². The van der Waals surface area contributed by atoms with Crippen LogP contribution in [0.3, 0.4) is 0 Å². The fraction of sp³-hybridized carbons (Fsp3) is 0.500. The van der Waals surface area contributed by atoms with E-state index in [1.54, 1.807) is 11.3 Å². The molecule has 156 valence electrons. The Morgan fingerprint density at radius 3 is 2.38 bits per heavy atom. The average Bonchev–Trinajstić information content (AvgIpc) is 3.07. The quantitative estimate of drug-likeness (QED) is 0.676. The molecule has 1 fully saturated rings. The second-order valence-electron chi connectivity index (χ2n) is 9.35. The maximum atomic E-state index is 12.2. The van der Waals surface area contributed by atoms with Crippen molar-refractivity contribution in [3.05, 3.63) is 40.7 Å². The molecule has 1 saturated heterocycles. The van der Waals surface area contributed by atoms with Gasteiger partial charge in [0.15, 0.2) is 0 Å². The Morgan fingerprint density at radius 2 is 1.79 bits per heavy atom. The molecule has 0 radical (unpaired) electrons. The second-order valence-corrected chi connectivity index (χ2v) is 10.5. The van der Waals surface area contributed by atoms with Gasteiger partial charge in [-0.05, 0) is 77.5 Å². The van der Waals surface area contributed by atoms with E-state index in [0.717, 1.165) is 10.3 Å². The fourth-order valence-electron chi connectivity index (χ4n) is 2.94. The lowest BCUT2D eigenvalue weighted by Crippen LogP contribution is -2.41. The molecule has 5 nitrogen and oxygen atoms in total. The Hall–Kier alpha value is -1.83. The number of amides is 1. The highest BCUT2D eigenvalue weighted by Gasteiger charge is 2.52. The maximum Gasteiger partial charge on any atom is 0.492 e. The van der Waals surface area contributed by atoms with E-state index in [1.807, 2.05) is 66.7 Å². The third-order valence-electron chi connectivity index (χ3n) is 5.16. The van der Waals surface area contributed by atoms with Gasteiger partial charge < -0.3 is 19.4 Å². The van der Waals surface area contributed by atoms with Crippen LogP contribution < -0.4 is 5.32 Å². The Balaban J connectivity index is 1.86. The van der Waals surface area contributed by atoms with Gasteiger partial charge in [0, 0.05) is 16.1 Å². The minimum Gasteiger partial charge on any atom is -0.444 e. The molecule has 7 heteroatoms. The number of benzene rings is 1. The third kappa shape index (κ3) is 5.21. The summed E-state index contributed by atoms with van der Waals surface area (Å²) in [5, 5.41) is 4.03. The predicted molar refractivity (Wildman–Crippen MR) is 120 cm³/mol. The summed E-state index contributed by atoms with van der Waals surface area (Å²) >= 11 is 1.70. The Morgan fingerprint density at radius 1 is 1.17 bits per heavy atom. The zero-order valence-electron chi connectivity index (χ0n) is 18.3. The van der Waals surface area contributed by atoms with Crippen LogP contribution in [0.5, 0.6) is 0 Å². The molecule has 3 rings (SSSR count). The van der Waals surface area contributed by atoms with Gasteiger partial charge in [-0.15, -0.1) is 11.3 Å². The molecule has 1 aromatic carbocycles. The number of rotatable bonds is 4. The second kappa shape index (κ2) is 7.78. The van der Waals surface area contributed by atoms with E-state index in [0.29, 0.717) is 0 Å². The van der Waals surface area contributed by atoms with Gasteiger partial charge in [-0.2, -0.15) is 0 Å². The normalized spacial score (nSPS) is 18.9. The smallest absolute Gasteiger partial charge is 0.444 e. The summed E-state index contributed by atoms with van der Waals surface area (Å²) in [6, 6.07) is 10.4. The zero-order valence-corrected chi connectivity index (χ0v) is 19.1. The van der Waals surface area contributed by atoms with Gasteiger partial charge in [0.25, 0.3) is 0 Å². The molecule has 2 heterocycles.